The number of carbonyl (C=O) groups is 2. The third kappa shape index (κ3) is 2.97. The van der Waals surface area contributed by atoms with Gasteiger partial charge in [0.05, 0.1) is 5.00 Å². The Morgan fingerprint density at radius 2 is 2.00 bits per heavy atom. The van der Waals surface area contributed by atoms with E-state index in [0.29, 0.717) is 16.1 Å². The van der Waals surface area contributed by atoms with Gasteiger partial charge in [-0.05, 0) is 42.8 Å². The van der Waals surface area contributed by atoms with Crippen LogP contribution in [0.1, 0.15) is 25.6 Å². The van der Waals surface area contributed by atoms with Crippen LogP contribution in [-0.2, 0) is 0 Å². The fourth-order valence-electron chi connectivity index (χ4n) is 1.58. The van der Waals surface area contributed by atoms with Crippen LogP contribution in [0.15, 0.2) is 30.3 Å². The molecule has 1 heterocycles. The molecule has 2 rings (SSSR count). The predicted molar refractivity (Wildman–Crippen MR) is 70.4 cm³/mol. The number of benzene rings is 1. The molecule has 0 saturated heterocycles. The van der Waals surface area contributed by atoms with Gasteiger partial charge < -0.3 is 10.4 Å². The van der Waals surface area contributed by atoms with Crippen molar-refractivity contribution in [1.82, 2.24) is 0 Å². The minimum Gasteiger partial charge on any atom is -0.477 e. The molecule has 6 heteroatoms. The largest absolute Gasteiger partial charge is 0.477 e. The molecule has 19 heavy (non-hydrogen) atoms. The number of nitrogens with one attached hydrogen (secondary N) is 1. The summed E-state index contributed by atoms with van der Waals surface area (Å²) >= 11 is 0.967. The van der Waals surface area contributed by atoms with Gasteiger partial charge in [0.25, 0.3) is 5.91 Å². The standard InChI is InChI=1S/C13H10FNO3S/c1-7-6-8(14)2-3-9(7)12(16)15-11-5-4-10(19-11)13(17)18/h2-6H,1H3,(H,15,16)(H,17,18). The molecule has 0 aliphatic heterocycles. The highest BCUT2D eigenvalue weighted by molar-refractivity contribution is 7.18. The summed E-state index contributed by atoms with van der Waals surface area (Å²) in [6.07, 6.45) is 0. The minimum atomic E-state index is -1.04. The van der Waals surface area contributed by atoms with Gasteiger partial charge in [-0.15, -0.1) is 11.3 Å². The molecule has 1 aromatic carbocycles. The summed E-state index contributed by atoms with van der Waals surface area (Å²) in [4.78, 5) is 22.8. The van der Waals surface area contributed by atoms with Gasteiger partial charge in [-0.25, -0.2) is 9.18 Å². The second-order valence-corrected chi connectivity index (χ2v) is 4.97. The van der Waals surface area contributed by atoms with Crippen molar-refractivity contribution < 1.29 is 19.1 Å². The average Bonchev–Trinajstić information content (AvgIpc) is 2.77. The molecule has 0 atom stereocenters. The van der Waals surface area contributed by atoms with Gasteiger partial charge in [0.1, 0.15) is 10.7 Å². The Hall–Kier alpha value is -2.21. The Bertz CT molecular complexity index is 651. The van der Waals surface area contributed by atoms with Crippen molar-refractivity contribution in [3.63, 3.8) is 0 Å². The van der Waals surface area contributed by atoms with E-state index in [9.17, 15) is 14.0 Å². The van der Waals surface area contributed by atoms with Crippen molar-refractivity contribution in [1.29, 1.82) is 0 Å². The van der Waals surface area contributed by atoms with Crippen molar-refractivity contribution in [2.24, 2.45) is 0 Å². The van der Waals surface area contributed by atoms with Crippen LogP contribution >= 0.6 is 11.3 Å². The summed E-state index contributed by atoms with van der Waals surface area (Å²) < 4.78 is 12.9. The third-order valence-corrected chi connectivity index (χ3v) is 3.48. The van der Waals surface area contributed by atoms with Crippen LogP contribution in [0.3, 0.4) is 0 Å². The van der Waals surface area contributed by atoms with E-state index in [1.165, 1.54) is 30.3 Å². The lowest BCUT2D eigenvalue weighted by atomic mass is 10.1. The summed E-state index contributed by atoms with van der Waals surface area (Å²) in [6, 6.07) is 6.81. The van der Waals surface area contributed by atoms with Crippen molar-refractivity contribution in [2.75, 3.05) is 5.32 Å². The number of carboxylic acids is 1. The normalized spacial score (nSPS) is 10.2. The first kappa shape index (κ1) is 13.2. The molecular weight excluding hydrogens is 269 g/mol. The van der Waals surface area contributed by atoms with E-state index in [1.807, 2.05) is 0 Å². The number of hydrogen-bond acceptors (Lipinski definition) is 3. The van der Waals surface area contributed by atoms with Gasteiger partial charge in [-0.3, -0.25) is 4.79 Å². The number of aryl methyl sites for hydroxylation is 1. The van der Waals surface area contributed by atoms with Crippen LogP contribution in [0.5, 0.6) is 0 Å². The average molecular weight is 279 g/mol. The molecule has 4 nitrogen and oxygen atoms in total. The van der Waals surface area contributed by atoms with Gasteiger partial charge in [0, 0.05) is 5.56 Å². The second kappa shape index (κ2) is 5.19. The Morgan fingerprint density at radius 3 is 2.58 bits per heavy atom. The smallest absolute Gasteiger partial charge is 0.345 e. The molecule has 0 radical (unpaired) electrons. The molecule has 0 aliphatic carbocycles. The van der Waals surface area contributed by atoms with E-state index in [-0.39, 0.29) is 4.88 Å². The number of carbonyl (C=O) groups excluding carboxylic acids is 1. The lowest BCUT2D eigenvalue weighted by Crippen LogP contribution is -2.12. The molecule has 0 bridgehead atoms. The van der Waals surface area contributed by atoms with Crippen LogP contribution < -0.4 is 5.32 Å². The molecule has 98 valence electrons. The van der Waals surface area contributed by atoms with Gasteiger partial charge in [0.2, 0.25) is 0 Å². The molecule has 0 saturated carbocycles. The quantitative estimate of drug-likeness (QED) is 0.907. The summed E-state index contributed by atoms with van der Waals surface area (Å²) in [5.41, 5.74) is 0.874. The van der Waals surface area contributed by atoms with Crippen LogP contribution in [0.4, 0.5) is 9.39 Å². The number of anilines is 1. The summed E-state index contributed by atoms with van der Waals surface area (Å²) in [6.45, 7) is 1.63. The zero-order valence-electron chi connectivity index (χ0n) is 9.94. The maximum atomic E-state index is 12.9. The Kier molecular flexibility index (Phi) is 3.62. The highest BCUT2D eigenvalue weighted by atomic mass is 32.1. The van der Waals surface area contributed by atoms with Crippen LogP contribution in [-0.4, -0.2) is 17.0 Å². The fourth-order valence-corrected chi connectivity index (χ4v) is 2.32. The Balaban J connectivity index is 2.18. The summed E-state index contributed by atoms with van der Waals surface area (Å²) in [5, 5.41) is 11.8. The van der Waals surface area contributed by atoms with Crippen molar-refractivity contribution in [3.05, 3.63) is 52.2 Å². The predicted octanol–water partition coefficient (Wildman–Crippen LogP) is 3.15. The van der Waals surface area contributed by atoms with Crippen molar-refractivity contribution in [2.45, 2.75) is 6.92 Å². The summed E-state index contributed by atoms with van der Waals surface area (Å²) in [5.74, 6) is -1.84. The first-order valence-corrected chi connectivity index (χ1v) is 6.19. The SMILES string of the molecule is Cc1cc(F)ccc1C(=O)Nc1ccc(C(=O)O)s1. The van der Waals surface area contributed by atoms with E-state index < -0.39 is 17.7 Å². The molecule has 1 amide bonds. The Labute approximate surface area is 112 Å². The number of hydrogen-bond donors (Lipinski definition) is 2. The molecule has 1 aromatic heterocycles. The van der Waals surface area contributed by atoms with Gasteiger partial charge in [-0.1, -0.05) is 0 Å². The number of rotatable bonds is 3. The molecule has 0 unspecified atom stereocenters. The second-order valence-electron chi connectivity index (χ2n) is 3.88. The fraction of sp³-hybridized carbons (Fsp3) is 0.0769. The van der Waals surface area contributed by atoms with Crippen molar-refractivity contribution >= 4 is 28.2 Å². The number of amides is 1. The number of halogens is 1. The van der Waals surface area contributed by atoms with E-state index >= 15 is 0 Å². The molecule has 2 N–H and O–H groups in total. The third-order valence-electron chi connectivity index (χ3n) is 2.49. The lowest BCUT2D eigenvalue weighted by Gasteiger charge is -2.05. The maximum absolute atomic E-state index is 12.9. The van der Waals surface area contributed by atoms with E-state index in [0.717, 1.165) is 11.3 Å². The highest BCUT2D eigenvalue weighted by Crippen LogP contribution is 2.23. The number of aromatic carboxylic acids is 1. The first-order valence-electron chi connectivity index (χ1n) is 5.38. The molecule has 2 aromatic rings. The first-order chi connectivity index (χ1) is 8.97. The van der Waals surface area contributed by atoms with Gasteiger partial charge in [-0.2, -0.15) is 0 Å². The molecule has 0 fully saturated rings. The highest BCUT2D eigenvalue weighted by Gasteiger charge is 2.12. The van der Waals surface area contributed by atoms with Crippen LogP contribution in [0.2, 0.25) is 0 Å². The monoisotopic (exact) mass is 279 g/mol. The van der Waals surface area contributed by atoms with E-state index in [4.69, 9.17) is 5.11 Å². The molecule has 0 spiro atoms. The topological polar surface area (TPSA) is 66.4 Å². The van der Waals surface area contributed by atoms with Crippen LogP contribution in [0, 0.1) is 12.7 Å². The molecular formula is C13H10FNO3S. The van der Waals surface area contributed by atoms with Gasteiger partial charge in [0.15, 0.2) is 0 Å². The number of carboxylic acid groups (broad SMARTS) is 1. The van der Waals surface area contributed by atoms with Crippen LogP contribution in [0.25, 0.3) is 0 Å². The van der Waals surface area contributed by atoms with E-state index in [2.05, 4.69) is 5.32 Å². The van der Waals surface area contributed by atoms with Crippen molar-refractivity contribution in [3.8, 4) is 0 Å². The Morgan fingerprint density at radius 1 is 1.26 bits per heavy atom. The van der Waals surface area contributed by atoms with Gasteiger partial charge >= 0.3 is 5.97 Å². The zero-order chi connectivity index (χ0) is 14.0. The lowest BCUT2D eigenvalue weighted by molar-refractivity contribution is 0.0702. The number of thiophene rings is 1. The maximum Gasteiger partial charge on any atom is 0.345 e. The minimum absolute atomic E-state index is 0.145. The molecule has 0 aliphatic rings. The summed E-state index contributed by atoms with van der Waals surface area (Å²) in [7, 11) is 0. The van der Waals surface area contributed by atoms with E-state index in [1.54, 1.807) is 6.92 Å². The zero-order valence-corrected chi connectivity index (χ0v) is 10.8.